The predicted molar refractivity (Wildman–Crippen MR) is 35.3 cm³/mol. The summed E-state index contributed by atoms with van der Waals surface area (Å²) in [6.45, 7) is 10.1. The van der Waals surface area contributed by atoms with Crippen molar-refractivity contribution in [1.29, 1.82) is 0 Å². The van der Waals surface area contributed by atoms with Crippen LogP contribution < -0.4 is 0 Å². The molecule has 51 valence electrons. The molecule has 0 amide bonds. The minimum atomic E-state index is 0. The second-order valence-electron chi connectivity index (χ2n) is 2.40. The van der Waals surface area contributed by atoms with E-state index in [0.717, 1.165) is 0 Å². The van der Waals surface area contributed by atoms with Crippen LogP contribution in [0.2, 0.25) is 0 Å². The van der Waals surface area contributed by atoms with Gasteiger partial charge >= 0.3 is 0 Å². The molecular formula is C7H13NY-2. The first-order valence-corrected chi connectivity index (χ1v) is 3.21. The van der Waals surface area contributed by atoms with Gasteiger partial charge in [-0.3, -0.25) is 0 Å². The molecular weight excluding hydrogens is 187 g/mol. The summed E-state index contributed by atoms with van der Waals surface area (Å²) in [6.07, 6.45) is 2.67. The van der Waals surface area contributed by atoms with E-state index in [0.29, 0.717) is 0 Å². The minimum Gasteiger partial charge on any atom is -0.358 e. The molecule has 1 aliphatic rings. The summed E-state index contributed by atoms with van der Waals surface area (Å²) >= 11 is 0. The predicted octanol–water partition coefficient (Wildman–Crippen LogP) is 1.12. The Labute approximate surface area is 83.1 Å². The Balaban J connectivity index is 0.000000640. The van der Waals surface area contributed by atoms with E-state index in [1.807, 2.05) is 0 Å². The topological polar surface area (TPSA) is 3.24 Å². The molecule has 0 aliphatic carbocycles. The largest absolute Gasteiger partial charge is 0.358 e. The summed E-state index contributed by atoms with van der Waals surface area (Å²) in [6, 6.07) is 0.275. The van der Waals surface area contributed by atoms with E-state index in [-0.39, 0.29) is 38.8 Å². The Morgan fingerprint density at radius 1 is 1.11 bits per heavy atom. The molecule has 1 nitrogen and oxygen atoms in total. The van der Waals surface area contributed by atoms with Crippen LogP contribution in [0.25, 0.3) is 0 Å². The number of nitrogens with zero attached hydrogens (tertiary/aromatic N) is 1. The molecule has 1 saturated heterocycles. The van der Waals surface area contributed by atoms with Gasteiger partial charge in [0, 0.05) is 32.7 Å². The molecule has 1 heterocycles. The van der Waals surface area contributed by atoms with Gasteiger partial charge in [0.2, 0.25) is 0 Å². The van der Waals surface area contributed by atoms with E-state index < -0.39 is 0 Å². The summed E-state index contributed by atoms with van der Waals surface area (Å²) in [7, 11) is 0. The molecule has 9 heavy (non-hydrogen) atoms. The Morgan fingerprint density at radius 2 is 1.56 bits per heavy atom. The van der Waals surface area contributed by atoms with Crippen LogP contribution in [-0.2, 0) is 32.7 Å². The Hall–Kier alpha value is 1.06. The van der Waals surface area contributed by atoms with Crippen LogP contribution in [0.3, 0.4) is 0 Å². The van der Waals surface area contributed by atoms with Gasteiger partial charge in [-0.2, -0.15) is 0 Å². The monoisotopic (exact) mass is 200 g/mol. The Kier molecular flexibility index (Phi) is 5.38. The molecule has 0 saturated carbocycles. The van der Waals surface area contributed by atoms with E-state index in [4.69, 9.17) is 0 Å². The smallest absolute Gasteiger partial charge is 0 e. The third-order valence-corrected chi connectivity index (χ3v) is 1.66. The van der Waals surface area contributed by atoms with Gasteiger partial charge < -0.3 is 18.7 Å². The van der Waals surface area contributed by atoms with Gasteiger partial charge in [-0.25, -0.2) is 6.04 Å². The SMILES string of the molecule is [CH2-]C([CH2-])N1CCCC1.[Y]. The van der Waals surface area contributed by atoms with E-state index in [1.54, 1.807) is 0 Å². The van der Waals surface area contributed by atoms with Crippen LogP contribution >= 0.6 is 0 Å². The van der Waals surface area contributed by atoms with E-state index in [2.05, 4.69) is 18.7 Å². The van der Waals surface area contributed by atoms with Crippen molar-refractivity contribution in [2.24, 2.45) is 0 Å². The van der Waals surface area contributed by atoms with Crippen LogP contribution in [0.5, 0.6) is 0 Å². The maximum atomic E-state index is 3.84. The molecule has 0 aromatic heterocycles. The fourth-order valence-electron chi connectivity index (χ4n) is 1.11. The average Bonchev–Trinajstić information content (AvgIpc) is 2.12. The molecule has 1 rings (SSSR count). The second kappa shape index (κ2) is 4.81. The van der Waals surface area contributed by atoms with Crippen molar-refractivity contribution in [3.05, 3.63) is 13.8 Å². The fourth-order valence-corrected chi connectivity index (χ4v) is 1.11. The molecule has 0 aromatic carbocycles. The molecule has 0 aromatic rings. The van der Waals surface area contributed by atoms with Crippen molar-refractivity contribution < 1.29 is 32.7 Å². The van der Waals surface area contributed by atoms with E-state index in [9.17, 15) is 0 Å². The van der Waals surface area contributed by atoms with Crippen LogP contribution in [0, 0.1) is 13.8 Å². The van der Waals surface area contributed by atoms with E-state index >= 15 is 0 Å². The zero-order valence-electron chi connectivity index (χ0n) is 5.84. The van der Waals surface area contributed by atoms with Gasteiger partial charge in [0.1, 0.15) is 0 Å². The normalized spacial score (nSPS) is 20.3. The van der Waals surface area contributed by atoms with Crippen molar-refractivity contribution >= 4 is 0 Å². The third kappa shape index (κ3) is 3.11. The van der Waals surface area contributed by atoms with Crippen molar-refractivity contribution in [3.63, 3.8) is 0 Å². The summed E-state index contributed by atoms with van der Waals surface area (Å²) in [5, 5.41) is 0. The van der Waals surface area contributed by atoms with Crippen LogP contribution in [-0.4, -0.2) is 24.0 Å². The molecule has 0 bridgehead atoms. The number of hydrogen-bond acceptors (Lipinski definition) is 1. The molecule has 1 fully saturated rings. The summed E-state index contributed by atoms with van der Waals surface area (Å²) in [5.74, 6) is 0. The van der Waals surface area contributed by atoms with Gasteiger partial charge in [-0.05, 0) is 25.9 Å². The van der Waals surface area contributed by atoms with Crippen LogP contribution in [0.1, 0.15) is 12.8 Å². The number of hydrogen-bond donors (Lipinski definition) is 0. The molecule has 1 radical (unpaired) electrons. The summed E-state index contributed by atoms with van der Waals surface area (Å²) in [5.41, 5.74) is 0. The average molecular weight is 200 g/mol. The second-order valence-corrected chi connectivity index (χ2v) is 2.40. The zero-order valence-corrected chi connectivity index (χ0v) is 8.68. The van der Waals surface area contributed by atoms with Crippen molar-refractivity contribution in [1.82, 2.24) is 4.90 Å². The van der Waals surface area contributed by atoms with Crippen molar-refractivity contribution in [2.75, 3.05) is 13.1 Å². The molecule has 0 N–H and O–H groups in total. The van der Waals surface area contributed by atoms with Crippen molar-refractivity contribution in [2.45, 2.75) is 18.9 Å². The quantitative estimate of drug-likeness (QED) is 0.573. The summed E-state index contributed by atoms with van der Waals surface area (Å²) < 4.78 is 0. The summed E-state index contributed by atoms with van der Waals surface area (Å²) in [4.78, 5) is 2.31. The maximum Gasteiger partial charge on any atom is 0 e. The first-order chi connectivity index (χ1) is 3.80. The van der Waals surface area contributed by atoms with Gasteiger partial charge in [-0.1, -0.05) is 0 Å². The first-order valence-electron chi connectivity index (χ1n) is 3.21. The first kappa shape index (κ1) is 10.1. The zero-order chi connectivity index (χ0) is 5.98. The van der Waals surface area contributed by atoms with Crippen LogP contribution in [0.4, 0.5) is 0 Å². The molecule has 2 heteroatoms. The van der Waals surface area contributed by atoms with Crippen molar-refractivity contribution in [3.8, 4) is 0 Å². The molecule has 0 unspecified atom stereocenters. The molecule has 0 atom stereocenters. The Morgan fingerprint density at radius 3 is 1.78 bits per heavy atom. The maximum absolute atomic E-state index is 3.84. The standard InChI is InChI=1S/C7H13N.Y/c1-7(2)8-5-3-4-6-8;/h7H,1-6H2;/q-2;. The Bertz CT molecular complexity index is 67.3. The van der Waals surface area contributed by atoms with Gasteiger partial charge in [-0.15, -0.1) is 0 Å². The van der Waals surface area contributed by atoms with E-state index in [1.165, 1.54) is 25.9 Å². The van der Waals surface area contributed by atoms with Gasteiger partial charge in [0.25, 0.3) is 0 Å². The van der Waals surface area contributed by atoms with Crippen LogP contribution in [0.15, 0.2) is 0 Å². The fraction of sp³-hybridized carbons (Fsp3) is 0.714. The third-order valence-electron chi connectivity index (χ3n) is 1.66. The number of likely N-dealkylation sites (tertiary alicyclic amines) is 1. The van der Waals surface area contributed by atoms with Gasteiger partial charge in [0.05, 0.1) is 0 Å². The molecule has 0 spiro atoms. The van der Waals surface area contributed by atoms with Gasteiger partial charge in [0.15, 0.2) is 0 Å². The number of rotatable bonds is 1. The molecule has 1 aliphatic heterocycles. The minimum absolute atomic E-state index is 0.